The lowest BCUT2D eigenvalue weighted by molar-refractivity contribution is 0.735. The SMILES string of the molecule is C#CCNC(=NCc1ccc(C)cc1)NCCCC.I. The van der Waals surface area contributed by atoms with Gasteiger partial charge < -0.3 is 10.6 Å². The fraction of sp³-hybridized carbons (Fsp3) is 0.438. The first-order valence-corrected chi connectivity index (χ1v) is 6.77. The molecule has 0 saturated heterocycles. The van der Waals surface area contributed by atoms with Crippen LogP contribution in [0.25, 0.3) is 0 Å². The van der Waals surface area contributed by atoms with Crippen LogP contribution in [-0.4, -0.2) is 19.0 Å². The normalized spacial score (nSPS) is 10.3. The molecule has 0 aliphatic rings. The van der Waals surface area contributed by atoms with E-state index in [9.17, 15) is 0 Å². The Hall–Kier alpha value is -1.22. The predicted octanol–water partition coefficient (Wildman–Crippen LogP) is 3.08. The molecule has 3 nitrogen and oxygen atoms in total. The average Bonchev–Trinajstić information content (AvgIpc) is 2.43. The number of nitrogens with one attached hydrogen (secondary N) is 2. The average molecular weight is 385 g/mol. The zero-order valence-corrected chi connectivity index (χ0v) is 14.6. The molecule has 0 bridgehead atoms. The van der Waals surface area contributed by atoms with Gasteiger partial charge in [-0.2, -0.15) is 0 Å². The molecule has 1 aromatic rings. The van der Waals surface area contributed by atoms with Crippen LogP contribution >= 0.6 is 24.0 Å². The van der Waals surface area contributed by atoms with Gasteiger partial charge in [0, 0.05) is 6.54 Å². The van der Waals surface area contributed by atoms with Crippen LogP contribution in [0.5, 0.6) is 0 Å². The lowest BCUT2D eigenvalue weighted by atomic mass is 10.1. The molecule has 0 aromatic heterocycles. The first-order valence-electron chi connectivity index (χ1n) is 6.77. The van der Waals surface area contributed by atoms with E-state index in [0.29, 0.717) is 13.1 Å². The Labute approximate surface area is 139 Å². The van der Waals surface area contributed by atoms with Gasteiger partial charge in [0.2, 0.25) is 0 Å². The van der Waals surface area contributed by atoms with Crippen molar-refractivity contribution in [3.05, 3.63) is 35.4 Å². The zero-order chi connectivity index (χ0) is 13.9. The topological polar surface area (TPSA) is 36.4 Å². The molecule has 0 spiro atoms. The highest BCUT2D eigenvalue weighted by Gasteiger charge is 1.97. The molecule has 0 amide bonds. The van der Waals surface area contributed by atoms with Crippen LogP contribution in [0.1, 0.15) is 30.9 Å². The van der Waals surface area contributed by atoms with Gasteiger partial charge in [0.15, 0.2) is 5.96 Å². The third-order valence-corrected chi connectivity index (χ3v) is 2.72. The minimum Gasteiger partial charge on any atom is -0.356 e. The molecular weight excluding hydrogens is 361 g/mol. The fourth-order valence-corrected chi connectivity index (χ4v) is 1.56. The van der Waals surface area contributed by atoms with Crippen LogP contribution in [0.15, 0.2) is 29.3 Å². The molecule has 110 valence electrons. The minimum absolute atomic E-state index is 0. The van der Waals surface area contributed by atoms with E-state index in [1.54, 1.807) is 0 Å². The van der Waals surface area contributed by atoms with E-state index in [1.807, 2.05) is 0 Å². The molecule has 0 aliphatic carbocycles. The van der Waals surface area contributed by atoms with Crippen molar-refractivity contribution < 1.29 is 0 Å². The van der Waals surface area contributed by atoms with Crippen LogP contribution in [0, 0.1) is 19.3 Å². The van der Waals surface area contributed by atoms with E-state index in [4.69, 9.17) is 6.42 Å². The smallest absolute Gasteiger partial charge is 0.192 e. The number of hydrogen-bond acceptors (Lipinski definition) is 1. The number of terminal acetylenes is 1. The second-order valence-electron chi connectivity index (χ2n) is 4.49. The van der Waals surface area contributed by atoms with Crippen molar-refractivity contribution in [2.45, 2.75) is 33.2 Å². The van der Waals surface area contributed by atoms with Crippen LogP contribution in [0.2, 0.25) is 0 Å². The van der Waals surface area contributed by atoms with E-state index in [2.05, 4.69) is 59.7 Å². The molecule has 0 radical (unpaired) electrons. The summed E-state index contributed by atoms with van der Waals surface area (Å²) in [7, 11) is 0. The maximum Gasteiger partial charge on any atom is 0.192 e. The summed E-state index contributed by atoms with van der Waals surface area (Å²) in [6.45, 7) is 6.32. The summed E-state index contributed by atoms with van der Waals surface area (Å²) < 4.78 is 0. The van der Waals surface area contributed by atoms with Gasteiger partial charge in [0.05, 0.1) is 13.1 Å². The summed E-state index contributed by atoms with van der Waals surface area (Å²) in [4.78, 5) is 4.53. The number of unbranched alkanes of at least 4 members (excludes halogenated alkanes) is 1. The lowest BCUT2D eigenvalue weighted by Crippen LogP contribution is -2.38. The molecule has 0 unspecified atom stereocenters. The first kappa shape index (κ1) is 18.8. The van der Waals surface area contributed by atoms with Gasteiger partial charge >= 0.3 is 0 Å². The van der Waals surface area contributed by atoms with Crippen LogP contribution in [0.4, 0.5) is 0 Å². The molecule has 0 aliphatic heterocycles. The molecule has 20 heavy (non-hydrogen) atoms. The van der Waals surface area contributed by atoms with E-state index in [1.165, 1.54) is 11.1 Å². The monoisotopic (exact) mass is 385 g/mol. The van der Waals surface area contributed by atoms with Crippen molar-refractivity contribution in [3.8, 4) is 12.3 Å². The van der Waals surface area contributed by atoms with Gasteiger partial charge in [0.25, 0.3) is 0 Å². The first-order chi connectivity index (χ1) is 9.26. The molecular formula is C16H24IN3. The number of benzene rings is 1. The highest BCUT2D eigenvalue weighted by molar-refractivity contribution is 14.0. The maximum absolute atomic E-state index is 5.26. The van der Waals surface area contributed by atoms with Crippen LogP contribution < -0.4 is 10.6 Å². The summed E-state index contributed by atoms with van der Waals surface area (Å²) in [6.07, 6.45) is 7.55. The Kier molecular flexibility index (Phi) is 10.9. The summed E-state index contributed by atoms with van der Waals surface area (Å²) in [6, 6.07) is 8.40. The predicted molar refractivity (Wildman–Crippen MR) is 97.5 cm³/mol. The standard InChI is InChI=1S/C16H23N3.HI/c1-4-6-12-18-16(17-11-5-2)19-13-15-9-7-14(3)8-10-15;/h2,7-10H,4,6,11-13H2,1,3H3,(H2,17,18,19);1H. The van der Waals surface area contributed by atoms with Crippen molar-refractivity contribution in [1.29, 1.82) is 0 Å². The van der Waals surface area contributed by atoms with Gasteiger partial charge in [-0.3, -0.25) is 0 Å². The van der Waals surface area contributed by atoms with Crippen molar-refractivity contribution in [2.75, 3.05) is 13.1 Å². The van der Waals surface area contributed by atoms with Gasteiger partial charge in [-0.25, -0.2) is 4.99 Å². The third kappa shape index (κ3) is 8.05. The third-order valence-electron chi connectivity index (χ3n) is 2.72. The zero-order valence-electron chi connectivity index (χ0n) is 12.3. The van der Waals surface area contributed by atoms with Crippen molar-refractivity contribution in [2.24, 2.45) is 4.99 Å². The van der Waals surface area contributed by atoms with E-state index in [-0.39, 0.29) is 24.0 Å². The molecule has 1 aromatic carbocycles. The largest absolute Gasteiger partial charge is 0.356 e. The number of halogens is 1. The lowest BCUT2D eigenvalue weighted by Gasteiger charge is -2.10. The summed E-state index contributed by atoms with van der Waals surface area (Å²) >= 11 is 0. The Morgan fingerprint density at radius 2 is 1.95 bits per heavy atom. The van der Waals surface area contributed by atoms with Crippen molar-refractivity contribution in [3.63, 3.8) is 0 Å². The molecule has 0 saturated carbocycles. The minimum atomic E-state index is 0. The quantitative estimate of drug-likeness (QED) is 0.260. The number of hydrogen-bond donors (Lipinski definition) is 2. The Morgan fingerprint density at radius 3 is 2.55 bits per heavy atom. The van der Waals surface area contributed by atoms with E-state index in [0.717, 1.165) is 25.3 Å². The summed E-state index contributed by atoms with van der Waals surface area (Å²) in [5.74, 6) is 3.35. The summed E-state index contributed by atoms with van der Waals surface area (Å²) in [5, 5.41) is 6.39. The van der Waals surface area contributed by atoms with Crippen LogP contribution in [-0.2, 0) is 6.54 Å². The Morgan fingerprint density at radius 1 is 1.25 bits per heavy atom. The Bertz CT molecular complexity index is 432. The number of guanidine groups is 1. The molecule has 0 atom stereocenters. The molecule has 0 fully saturated rings. The summed E-state index contributed by atoms with van der Waals surface area (Å²) in [5.41, 5.74) is 2.46. The fourth-order valence-electron chi connectivity index (χ4n) is 1.56. The molecule has 1 rings (SSSR count). The van der Waals surface area contributed by atoms with E-state index < -0.39 is 0 Å². The molecule has 4 heteroatoms. The highest BCUT2D eigenvalue weighted by Crippen LogP contribution is 2.04. The van der Waals surface area contributed by atoms with Gasteiger partial charge in [-0.1, -0.05) is 49.1 Å². The number of rotatable bonds is 6. The second-order valence-corrected chi connectivity index (χ2v) is 4.49. The molecule has 2 N–H and O–H groups in total. The number of aliphatic imine (C=N–C) groups is 1. The van der Waals surface area contributed by atoms with Crippen LogP contribution in [0.3, 0.4) is 0 Å². The number of aryl methyl sites for hydroxylation is 1. The Balaban J connectivity index is 0.00000361. The van der Waals surface area contributed by atoms with Gasteiger partial charge in [-0.05, 0) is 18.9 Å². The highest BCUT2D eigenvalue weighted by atomic mass is 127. The second kappa shape index (κ2) is 11.6. The van der Waals surface area contributed by atoms with Crippen molar-refractivity contribution >= 4 is 29.9 Å². The number of nitrogens with zero attached hydrogens (tertiary/aromatic N) is 1. The molecule has 0 heterocycles. The van der Waals surface area contributed by atoms with Crippen molar-refractivity contribution in [1.82, 2.24) is 10.6 Å². The van der Waals surface area contributed by atoms with E-state index >= 15 is 0 Å². The maximum atomic E-state index is 5.26. The van der Waals surface area contributed by atoms with Gasteiger partial charge in [0.1, 0.15) is 0 Å². The van der Waals surface area contributed by atoms with Gasteiger partial charge in [-0.15, -0.1) is 30.4 Å².